The fourth-order valence-electron chi connectivity index (χ4n) is 4.59. The molecule has 3 heterocycles. The lowest BCUT2D eigenvalue weighted by molar-refractivity contribution is -0.139. The van der Waals surface area contributed by atoms with Gasteiger partial charge in [0.15, 0.2) is 0 Å². The van der Waals surface area contributed by atoms with Crippen LogP contribution in [0, 0.1) is 6.92 Å². The van der Waals surface area contributed by atoms with Crippen LogP contribution in [0.25, 0.3) is 0 Å². The molecule has 4 rings (SSSR count). The number of anilines is 1. The van der Waals surface area contributed by atoms with Crippen molar-refractivity contribution < 1.29 is 23.9 Å². The normalized spacial score (nSPS) is 23.4. The lowest BCUT2D eigenvalue weighted by Gasteiger charge is -2.44. The van der Waals surface area contributed by atoms with Crippen LogP contribution >= 0.6 is 0 Å². The molecule has 0 bridgehead atoms. The number of carbonyl (C=O) groups excluding carboxylic acids is 4. The molecule has 1 atom stereocenters. The molecule has 3 saturated heterocycles. The van der Waals surface area contributed by atoms with Crippen molar-refractivity contribution in [3.05, 3.63) is 29.3 Å². The standard InChI is InChI=1S/C22H28N4O5/c1-15-2-3-16(25-9-6-22(7-10-25)13-23-8-11-31-22)12-17(15)21(30)26(14-27)18-4-5-19(28)24-20(18)29/h2-3,12,14,18,23H,4-11,13H2,1H3,(H,24,28,29). The number of amides is 4. The zero-order chi connectivity index (χ0) is 22.0. The van der Waals surface area contributed by atoms with Crippen LogP contribution in [-0.2, 0) is 19.1 Å². The maximum absolute atomic E-state index is 13.2. The van der Waals surface area contributed by atoms with E-state index in [4.69, 9.17) is 4.74 Å². The van der Waals surface area contributed by atoms with Gasteiger partial charge in [-0.15, -0.1) is 0 Å². The number of piperidine rings is 2. The molecule has 1 unspecified atom stereocenters. The maximum Gasteiger partial charge on any atom is 0.261 e. The third-order valence-corrected chi connectivity index (χ3v) is 6.52. The summed E-state index contributed by atoms with van der Waals surface area (Å²) in [7, 11) is 0. The van der Waals surface area contributed by atoms with Crippen LogP contribution in [0.15, 0.2) is 18.2 Å². The summed E-state index contributed by atoms with van der Waals surface area (Å²) in [6.45, 7) is 5.89. The van der Waals surface area contributed by atoms with Crippen molar-refractivity contribution in [2.45, 2.75) is 44.2 Å². The highest BCUT2D eigenvalue weighted by atomic mass is 16.5. The first-order valence-corrected chi connectivity index (χ1v) is 10.7. The Balaban J connectivity index is 1.51. The molecule has 2 N–H and O–H groups in total. The summed E-state index contributed by atoms with van der Waals surface area (Å²) in [6.07, 6.45) is 2.41. The van der Waals surface area contributed by atoms with E-state index in [2.05, 4.69) is 15.5 Å². The van der Waals surface area contributed by atoms with Crippen molar-refractivity contribution in [3.8, 4) is 0 Å². The number of hydrogen-bond acceptors (Lipinski definition) is 7. The second-order valence-corrected chi connectivity index (χ2v) is 8.48. The zero-order valence-corrected chi connectivity index (χ0v) is 17.7. The molecule has 0 radical (unpaired) electrons. The van der Waals surface area contributed by atoms with Crippen molar-refractivity contribution in [1.29, 1.82) is 0 Å². The molecule has 0 aliphatic carbocycles. The Hall–Kier alpha value is -2.78. The predicted octanol–water partition coefficient (Wildman–Crippen LogP) is 0.358. The second-order valence-electron chi connectivity index (χ2n) is 8.48. The lowest BCUT2D eigenvalue weighted by atomic mass is 9.89. The molecule has 3 aliphatic heterocycles. The molecule has 9 nitrogen and oxygen atoms in total. The number of nitrogens with zero attached hydrogens (tertiary/aromatic N) is 2. The van der Waals surface area contributed by atoms with Crippen LogP contribution in [0.2, 0.25) is 0 Å². The Kier molecular flexibility index (Phi) is 6.06. The molecule has 1 aromatic rings. The lowest BCUT2D eigenvalue weighted by Crippen LogP contribution is -2.55. The van der Waals surface area contributed by atoms with Gasteiger partial charge in [0.05, 0.1) is 12.2 Å². The fraction of sp³-hybridized carbons (Fsp3) is 0.545. The van der Waals surface area contributed by atoms with Crippen LogP contribution < -0.4 is 15.5 Å². The van der Waals surface area contributed by atoms with Crippen LogP contribution in [0.5, 0.6) is 0 Å². The van der Waals surface area contributed by atoms with E-state index in [9.17, 15) is 19.2 Å². The van der Waals surface area contributed by atoms with Gasteiger partial charge in [-0.3, -0.25) is 29.4 Å². The van der Waals surface area contributed by atoms with Crippen molar-refractivity contribution in [1.82, 2.24) is 15.5 Å². The molecule has 1 aromatic carbocycles. The number of benzene rings is 1. The zero-order valence-electron chi connectivity index (χ0n) is 17.7. The van der Waals surface area contributed by atoms with Gasteiger partial charge in [-0.25, -0.2) is 0 Å². The number of morpholine rings is 1. The molecule has 3 fully saturated rings. The number of carbonyl (C=O) groups is 4. The summed E-state index contributed by atoms with van der Waals surface area (Å²) in [4.78, 5) is 51.6. The summed E-state index contributed by atoms with van der Waals surface area (Å²) in [6, 6.07) is 4.65. The Morgan fingerprint density at radius 1 is 1.29 bits per heavy atom. The highest BCUT2D eigenvalue weighted by Crippen LogP contribution is 2.31. The molecular weight excluding hydrogens is 400 g/mol. The van der Waals surface area contributed by atoms with Gasteiger partial charge < -0.3 is 15.0 Å². The Labute approximate surface area is 181 Å². The average Bonchev–Trinajstić information content (AvgIpc) is 2.77. The van der Waals surface area contributed by atoms with Gasteiger partial charge >= 0.3 is 0 Å². The van der Waals surface area contributed by atoms with Gasteiger partial charge in [-0.2, -0.15) is 0 Å². The van der Waals surface area contributed by atoms with Gasteiger partial charge in [0.1, 0.15) is 6.04 Å². The SMILES string of the molecule is Cc1ccc(N2CCC3(CC2)CNCCO3)cc1C(=O)N(C=O)C1CCC(=O)NC1=O. The third-order valence-electron chi connectivity index (χ3n) is 6.52. The van der Waals surface area contributed by atoms with E-state index in [1.807, 2.05) is 12.1 Å². The molecule has 4 amide bonds. The largest absolute Gasteiger partial charge is 0.372 e. The maximum atomic E-state index is 13.2. The smallest absolute Gasteiger partial charge is 0.261 e. The number of imide groups is 2. The first-order valence-electron chi connectivity index (χ1n) is 10.7. The van der Waals surface area contributed by atoms with Crippen LogP contribution in [0.4, 0.5) is 5.69 Å². The summed E-state index contributed by atoms with van der Waals surface area (Å²) < 4.78 is 6.05. The van der Waals surface area contributed by atoms with E-state index < -0.39 is 23.8 Å². The molecule has 9 heteroatoms. The van der Waals surface area contributed by atoms with Crippen molar-refractivity contribution in [2.75, 3.05) is 37.7 Å². The minimum Gasteiger partial charge on any atom is -0.372 e. The first kappa shape index (κ1) is 21.5. The van der Waals surface area contributed by atoms with Gasteiger partial charge in [-0.05, 0) is 43.9 Å². The Morgan fingerprint density at radius 3 is 2.71 bits per heavy atom. The number of hydrogen-bond donors (Lipinski definition) is 2. The van der Waals surface area contributed by atoms with E-state index in [0.717, 1.165) is 61.8 Å². The minimum atomic E-state index is -0.975. The predicted molar refractivity (Wildman–Crippen MR) is 113 cm³/mol. The molecule has 31 heavy (non-hydrogen) atoms. The number of rotatable bonds is 4. The molecule has 0 aromatic heterocycles. The summed E-state index contributed by atoms with van der Waals surface area (Å²) in [5.41, 5.74) is 1.89. The van der Waals surface area contributed by atoms with Crippen molar-refractivity contribution in [2.24, 2.45) is 0 Å². The number of ether oxygens (including phenoxy) is 1. The topological polar surface area (TPSA) is 108 Å². The van der Waals surface area contributed by atoms with Crippen molar-refractivity contribution in [3.63, 3.8) is 0 Å². The Morgan fingerprint density at radius 2 is 2.06 bits per heavy atom. The third kappa shape index (κ3) is 4.33. The van der Waals surface area contributed by atoms with Crippen LogP contribution in [-0.4, -0.2) is 73.5 Å². The van der Waals surface area contributed by atoms with Gasteiger partial charge in [0.25, 0.3) is 5.91 Å². The number of aryl methyl sites for hydroxylation is 1. The molecular formula is C22H28N4O5. The highest BCUT2D eigenvalue weighted by molar-refractivity contribution is 6.07. The van der Waals surface area contributed by atoms with E-state index in [1.165, 1.54) is 0 Å². The van der Waals surface area contributed by atoms with Gasteiger partial charge in [-0.1, -0.05) is 6.07 Å². The quantitative estimate of drug-likeness (QED) is 0.527. The second kappa shape index (κ2) is 8.76. The summed E-state index contributed by atoms with van der Waals surface area (Å²) in [5.74, 6) is -1.54. The van der Waals surface area contributed by atoms with E-state index in [0.29, 0.717) is 12.0 Å². The van der Waals surface area contributed by atoms with Gasteiger partial charge in [0.2, 0.25) is 18.2 Å². The molecule has 1 spiro atoms. The minimum absolute atomic E-state index is 0.0967. The number of nitrogens with one attached hydrogen (secondary N) is 2. The summed E-state index contributed by atoms with van der Waals surface area (Å²) in [5, 5.41) is 5.61. The highest BCUT2D eigenvalue weighted by Gasteiger charge is 2.38. The van der Waals surface area contributed by atoms with Crippen LogP contribution in [0.3, 0.4) is 0 Å². The van der Waals surface area contributed by atoms with E-state index >= 15 is 0 Å². The van der Waals surface area contributed by atoms with E-state index in [1.54, 1.807) is 13.0 Å². The first-order chi connectivity index (χ1) is 14.9. The van der Waals surface area contributed by atoms with E-state index in [-0.39, 0.29) is 18.4 Å². The Bertz CT molecular complexity index is 886. The average molecular weight is 428 g/mol. The molecule has 166 valence electrons. The monoisotopic (exact) mass is 428 g/mol. The fourth-order valence-corrected chi connectivity index (χ4v) is 4.59. The van der Waals surface area contributed by atoms with Crippen LogP contribution in [0.1, 0.15) is 41.6 Å². The summed E-state index contributed by atoms with van der Waals surface area (Å²) >= 11 is 0. The van der Waals surface area contributed by atoms with Crippen molar-refractivity contribution >= 4 is 29.8 Å². The molecule has 3 aliphatic rings. The van der Waals surface area contributed by atoms with Gasteiger partial charge in [0, 0.05) is 43.9 Å². The molecule has 0 saturated carbocycles.